The highest BCUT2D eigenvalue weighted by atomic mass is 16.5. The SMILES string of the molecule is COc1ccc(N2CCC(=O)NC(C3CC3)C2=O)cc1. The van der Waals surface area contributed by atoms with Crippen LogP contribution in [0.2, 0.25) is 0 Å². The zero-order chi connectivity index (χ0) is 14.1. The standard InChI is InChI=1S/C15H18N2O3/c1-20-12-6-4-11(5-7-12)17-9-8-13(18)16-14(15(17)19)10-2-3-10/h4-7,10,14H,2-3,8-9H2,1H3,(H,16,18). The number of carbonyl (C=O) groups excluding carboxylic acids is 2. The van der Waals surface area contributed by atoms with E-state index in [1.807, 2.05) is 24.3 Å². The lowest BCUT2D eigenvalue weighted by Crippen LogP contribution is -2.46. The maximum Gasteiger partial charge on any atom is 0.249 e. The molecule has 1 heterocycles. The second-order valence-electron chi connectivity index (χ2n) is 5.32. The first-order valence-corrected chi connectivity index (χ1v) is 6.94. The van der Waals surface area contributed by atoms with Crippen molar-refractivity contribution < 1.29 is 14.3 Å². The zero-order valence-corrected chi connectivity index (χ0v) is 11.5. The second kappa shape index (κ2) is 5.15. The summed E-state index contributed by atoms with van der Waals surface area (Å²) in [6.07, 6.45) is 2.39. The molecule has 1 aromatic rings. The number of hydrogen-bond donors (Lipinski definition) is 1. The minimum Gasteiger partial charge on any atom is -0.497 e. The van der Waals surface area contributed by atoms with Gasteiger partial charge in [-0.2, -0.15) is 0 Å². The molecule has 5 nitrogen and oxygen atoms in total. The van der Waals surface area contributed by atoms with Crippen molar-refractivity contribution in [2.24, 2.45) is 5.92 Å². The van der Waals surface area contributed by atoms with Crippen molar-refractivity contribution in [3.8, 4) is 5.75 Å². The highest BCUT2D eigenvalue weighted by Crippen LogP contribution is 2.35. The van der Waals surface area contributed by atoms with Crippen LogP contribution in [0.25, 0.3) is 0 Å². The number of ether oxygens (including phenoxy) is 1. The topological polar surface area (TPSA) is 58.6 Å². The molecular weight excluding hydrogens is 256 g/mol. The predicted octanol–water partition coefficient (Wildman–Crippen LogP) is 1.33. The fourth-order valence-electron chi connectivity index (χ4n) is 2.57. The molecule has 0 radical (unpaired) electrons. The molecule has 1 N–H and O–H groups in total. The van der Waals surface area contributed by atoms with Gasteiger partial charge >= 0.3 is 0 Å². The Labute approximate surface area is 117 Å². The van der Waals surface area contributed by atoms with Crippen molar-refractivity contribution in [3.05, 3.63) is 24.3 Å². The van der Waals surface area contributed by atoms with Gasteiger partial charge in [0.15, 0.2) is 0 Å². The van der Waals surface area contributed by atoms with Gasteiger partial charge in [0.25, 0.3) is 0 Å². The molecule has 1 aliphatic carbocycles. The van der Waals surface area contributed by atoms with Crippen LogP contribution in [0, 0.1) is 5.92 Å². The van der Waals surface area contributed by atoms with E-state index < -0.39 is 0 Å². The lowest BCUT2D eigenvalue weighted by atomic mass is 10.1. The summed E-state index contributed by atoms with van der Waals surface area (Å²) in [4.78, 5) is 26.1. The quantitative estimate of drug-likeness (QED) is 0.904. The summed E-state index contributed by atoms with van der Waals surface area (Å²) in [5.74, 6) is 1.03. The number of nitrogens with one attached hydrogen (secondary N) is 1. The third kappa shape index (κ3) is 2.48. The van der Waals surface area contributed by atoms with Gasteiger partial charge in [-0.3, -0.25) is 9.59 Å². The molecule has 1 saturated heterocycles. The lowest BCUT2D eigenvalue weighted by molar-refractivity contribution is -0.126. The average molecular weight is 274 g/mol. The van der Waals surface area contributed by atoms with Crippen LogP contribution >= 0.6 is 0 Å². The average Bonchev–Trinajstić information content (AvgIpc) is 3.29. The summed E-state index contributed by atoms with van der Waals surface area (Å²) in [6, 6.07) is 7.02. The smallest absolute Gasteiger partial charge is 0.249 e. The molecule has 1 aromatic carbocycles. The molecule has 2 amide bonds. The summed E-state index contributed by atoms with van der Waals surface area (Å²) in [5, 5.41) is 2.86. The Morgan fingerprint density at radius 1 is 1.20 bits per heavy atom. The van der Waals surface area contributed by atoms with Gasteiger partial charge < -0.3 is 15.0 Å². The Kier molecular flexibility index (Phi) is 3.34. The van der Waals surface area contributed by atoms with E-state index in [2.05, 4.69) is 5.32 Å². The van der Waals surface area contributed by atoms with Crippen molar-refractivity contribution in [2.45, 2.75) is 25.3 Å². The summed E-state index contributed by atoms with van der Waals surface area (Å²) < 4.78 is 5.12. The number of benzene rings is 1. The molecule has 106 valence electrons. The van der Waals surface area contributed by atoms with Crippen molar-refractivity contribution in [1.29, 1.82) is 0 Å². The summed E-state index contributed by atoms with van der Waals surface area (Å²) >= 11 is 0. The highest BCUT2D eigenvalue weighted by molar-refractivity contribution is 6.01. The fourth-order valence-corrected chi connectivity index (χ4v) is 2.57. The molecule has 2 fully saturated rings. The monoisotopic (exact) mass is 274 g/mol. The molecular formula is C15H18N2O3. The molecule has 2 aliphatic rings. The van der Waals surface area contributed by atoms with Gasteiger partial charge in [0.1, 0.15) is 11.8 Å². The largest absolute Gasteiger partial charge is 0.497 e. The Hall–Kier alpha value is -2.04. The van der Waals surface area contributed by atoms with Crippen LogP contribution in [0.1, 0.15) is 19.3 Å². The molecule has 0 spiro atoms. The molecule has 1 atom stereocenters. The van der Waals surface area contributed by atoms with E-state index in [4.69, 9.17) is 4.74 Å². The number of nitrogens with zero attached hydrogens (tertiary/aromatic N) is 1. The number of anilines is 1. The van der Waals surface area contributed by atoms with Gasteiger partial charge in [0.05, 0.1) is 7.11 Å². The highest BCUT2D eigenvalue weighted by Gasteiger charge is 2.41. The molecule has 20 heavy (non-hydrogen) atoms. The first-order valence-electron chi connectivity index (χ1n) is 6.94. The minimum atomic E-state index is -0.355. The van der Waals surface area contributed by atoms with E-state index in [-0.39, 0.29) is 17.9 Å². The van der Waals surface area contributed by atoms with Gasteiger partial charge in [0, 0.05) is 18.7 Å². The molecule has 3 rings (SSSR count). The maximum atomic E-state index is 12.6. The Bertz CT molecular complexity index is 522. The number of amides is 2. The first kappa shape index (κ1) is 13.0. The number of hydrogen-bond acceptors (Lipinski definition) is 3. The number of methoxy groups -OCH3 is 1. The van der Waals surface area contributed by atoms with Crippen LogP contribution in [0.3, 0.4) is 0 Å². The van der Waals surface area contributed by atoms with Crippen molar-refractivity contribution in [1.82, 2.24) is 5.32 Å². The summed E-state index contributed by atoms with van der Waals surface area (Å²) in [6.45, 7) is 0.431. The second-order valence-corrected chi connectivity index (χ2v) is 5.32. The van der Waals surface area contributed by atoms with E-state index in [0.29, 0.717) is 18.9 Å². The van der Waals surface area contributed by atoms with Crippen LogP contribution in [0.5, 0.6) is 5.75 Å². The van der Waals surface area contributed by atoms with Crippen LogP contribution in [-0.4, -0.2) is 31.5 Å². The molecule has 1 unspecified atom stereocenters. The van der Waals surface area contributed by atoms with Gasteiger partial charge in [-0.05, 0) is 43.0 Å². The van der Waals surface area contributed by atoms with Crippen LogP contribution in [0.15, 0.2) is 24.3 Å². The van der Waals surface area contributed by atoms with E-state index in [1.54, 1.807) is 12.0 Å². The summed E-state index contributed by atoms with van der Waals surface area (Å²) in [5.41, 5.74) is 0.818. The Morgan fingerprint density at radius 2 is 1.90 bits per heavy atom. The number of carbonyl (C=O) groups is 2. The van der Waals surface area contributed by atoms with Gasteiger partial charge in [-0.1, -0.05) is 0 Å². The molecule has 0 aromatic heterocycles. The number of rotatable bonds is 3. The Morgan fingerprint density at radius 3 is 2.50 bits per heavy atom. The Balaban J connectivity index is 1.85. The van der Waals surface area contributed by atoms with E-state index >= 15 is 0 Å². The normalized spacial score (nSPS) is 23.2. The van der Waals surface area contributed by atoms with E-state index in [0.717, 1.165) is 24.3 Å². The fraction of sp³-hybridized carbons (Fsp3) is 0.467. The third-order valence-electron chi connectivity index (χ3n) is 3.89. The first-order chi connectivity index (χ1) is 9.69. The van der Waals surface area contributed by atoms with Gasteiger partial charge in [0.2, 0.25) is 11.8 Å². The van der Waals surface area contributed by atoms with Crippen LogP contribution < -0.4 is 15.0 Å². The minimum absolute atomic E-state index is 0.00326. The third-order valence-corrected chi connectivity index (χ3v) is 3.89. The van der Waals surface area contributed by atoms with Crippen LogP contribution in [0.4, 0.5) is 5.69 Å². The van der Waals surface area contributed by atoms with Crippen LogP contribution in [-0.2, 0) is 9.59 Å². The van der Waals surface area contributed by atoms with E-state index in [9.17, 15) is 9.59 Å². The zero-order valence-electron chi connectivity index (χ0n) is 11.5. The molecule has 0 bridgehead atoms. The predicted molar refractivity (Wildman–Crippen MR) is 74.6 cm³/mol. The van der Waals surface area contributed by atoms with Crippen molar-refractivity contribution in [2.75, 3.05) is 18.6 Å². The van der Waals surface area contributed by atoms with Gasteiger partial charge in [-0.15, -0.1) is 0 Å². The lowest BCUT2D eigenvalue weighted by Gasteiger charge is -2.24. The molecule has 5 heteroatoms. The maximum absolute atomic E-state index is 12.6. The van der Waals surface area contributed by atoms with Crippen molar-refractivity contribution in [3.63, 3.8) is 0 Å². The molecule has 1 aliphatic heterocycles. The van der Waals surface area contributed by atoms with E-state index in [1.165, 1.54) is 0 Å². The summed E-state index contributed by atoms with van der Waals surface area (Å²) in [7, 11) is 1.61. The van der Waals surface area contributed by atoms with Crippen molar-refractivity contribution >= 4 is 17.5 Å². The van der Waals surface area contributed by atoms with Gasteiger partial charge in [-0.25, -0.2) is 0 Å². The molecule has 1 saturated carbocycles.